The maximum Gasteiger partial charge on any atom is 0.223 e. The van der Waals surface area contributed by atoms with E-state index in [0.29, 0.717) is 18.4 Å². The molecule has 1 unspecified atom stereocenters. The van der Waals surface area contributed by atoms with E-state index < -0.39 is 0 Å². The summed E-state index contributed by atoms with van der Waals surface area (Å²) >= 11 is 0. The summed E-state index contributed by atoms with van der Waals surface area (Å²) in [5.74, 6) is 0.348. The molecule has 2 fully saturated rings. The third-order valence-electron chi connectivity index (χ3n) is 4.55. The highest BCUT2D eigenvalue weighted by Gasteiger charge is 2.21. The zero-order chi connectivity index (χ0) is 13.5. The lowest BCUT2D eigenvalue weighted by Gasteiger charge is -2.31. The van der Waals surface area contributed by atoms with Gasteiger partial charge in [-0.2, -0.15) is 0 Å². The number of hydrogen-bond donors (Lipinski definition) is 1. The van der Waals surface area contributed by atoms with Crippen LogP contribution in [0.2, 0.25) is 0 Å². The lowest BCUT2D eigenvalue weighted by molar-refractivity contribution is -0.132. The maximum absolute atomic E-state index is 12.2. The van der Waals surface area contributed by atoms with Crippen molar-refractivity contribution in [1.82, 2.24) is 15.1 Å². The predicted molar refractivity (Wildman–Crippen MR) is 85.4 cm³/mol. The highest BCUT2D eigenvalue weighted by Crippen LogP contribution is 2.19. The van der Waals surface area contributed by atoms with Crippen LogP contribution in [0.4, 0.5) is 0 Å². The number of halogens is 1. The molecule has 2 rings (SSSR count). The van der Waals surface area contributed by atoms with E-state index in [9.17, 15) is 4.79 Å². The Balaban J connectivity index is 0.00000200. The number of nitrogens with zero attached hydrogens (tertiary/aromatic N) is 2. The van der Waals surface area contributed by atoms with Gasteiger partial charge in [0.1, 0.15) is 0 Å². The summed E-state index contributed by atoms with van der Waals surface area (Å²) in [6.07, 6.45) is 7.27. The molecule has 0 saturated carbocycles. The highest BCUT2D eigenvalue weighted by molar-refractivity contribution is 5.85. The minimum atomic E-state index is 0. The van der Waals surface area contributed by atoms with Gasteiger partial charge in [-0.25, -0.2) is 0 Å². The summed E-state index contributed by atoms with van der Waals surface area (Å²) in [6, 6.07) is 0.707. The molecule has 2 aliphatic heterocycles. The molecule has 118 valence electrons. The first-order valence-corrected chi connectivity index (χ1v) is 8.04. The van der Waals surface area contributed by atoms with Gasteiger partial charge >= 0.3 is 0 Å². The van der Waals surface area contributed by atoms with Gasteiger partial charge in [-0.15, -0.1) is 12.4 Å². The number of nitrogens with one attached hydrogen (secondary N) is 1. The van der Waals surface area contributed by atoms with Crippen LogP contribution in [0.1, 0.15) is 45.4 Å². The lowest BCUT2D eigenvalue weighted by atomic mass is 10.1. The number of rotatable bonds is 4. The molecule has 5 heteroatoms. The number of amides is 1. The first kappa shape index (κ1) is 17.7. The van der Waals surface area contributed by atoms with Crippen LogP contribution in [0.5, 0.6) is 0 Å². The van der Waals surface area contributed by atoms with Crippen molar-refractivity contribution in [1.29, 1.82) is 0 Å². The monoisotopic (exact) mass is 303 g/mol. The average molecular weight is 304 g/mol. The molecular formula is C15H30ClN3O. The molecule has 2 saturated heterocycles. The van der Waals surface area contributed by atoms with E-state index in [1.807, 2.05) is 4.90 Å². The van der Waals surface area contributed by atoms with E-state index in [2.05, 4.69) is 17.1 Å². The minimum absolute atomic E-state index is 0. The molecule has 0 radical (unpaired) electrons. The van der Waals surface area contributed by atoms with Gasteiger partial charge in [-0.05, 0) is 25.8 Å². The van der Waals surface area contributed by atoms with Crippen LogP contribution in [-0.2, 0) is 4.79 Å². The van der Waals surface area contributed by atoms with E-state index in [1.165, 1.54) is 38.6 Å². The number of piperazine rings is 1. The summed E-state index contributed by atoms with van der Waals surface area (Å²) in [6.45, 7) is 8.10. The van der Waals surface area contributed by atoms with Crippen molar-refractivity contribution in [3.05, 3.63) is 0 Å². The average Bonchev–Trinajstić information content (AvgIpc) is 2.70. The smallest absolute Gasteiger partial charge is 0.223 e. The summed E-state index contributed by atoms with van der Waals surface area (Å²) in [7, 11) is 0. The fourth-order valence-corrected chi connectivity index (χ4v) is 3.31. The Morgan fingerprint density at radius 3 is 2.60 bits per heavy atom. The molecule has 1 atom stereocenters. The Labute approximate surface area is 129 Å². The molecular weight excluding hydrogens is 274 g/mol. The van der Waals surface area contributed by atoms with Crippen molar-refractivity contribution in [3.8, 4) is 0 Å². The van der Waals surface area contributed by atoms with Crippen LogP contribution in [0.3, 0.4) is 0 Å². The maximum atomic E-state index is 12.2. The van der Waals surface area contributed by atoms with Crippen molar-refractivity contribution >= 4 is 18.3 Å². The molecule has 4 nitrogen and oxygen atoms in total. The molecule has 20 heavy (non-hydrogen) atoms. The Morgan fingerprint density at radius 1 is 1.15 bits per heavy atom. The fraction of sp³-hybridized carbons (Fsp3) is 0.933. The molecule has 0 bridgehead atoms. The van der Waals surface area contributed by atoms with Crippen LogP contribution in [0.15, 0.2) is 0 Å². The quantitative estimate of drug-likeness (QED) is 0.861. The zero-order valence-corrected chi connectivity index (χ0v) is 13.6. The van der Waals surface area contributed by atoms with Gasteiger partial charge < -0.3 is 10.2 Å². The van der Waals surface area contributed by atoms with E-state index in [0.717, 1.165) is 32.7 Å². The van der Waals surface area contributed by atoms with E-state index in [-0.39, 0.29) is 12.4 Å². The number of hydrogen-bond acceptors (Lipinski definition) is 3. The minimum Gasteiger partial charge on any atom is -0.340 e. The van der Waals surface area contributed by atoms with Gasteiger partial charge in [0.25, 0.3) is 0 Å². The van der Waals surface area contributed by atoms with Crippen molar-refractivity contribution in [2.75, 3.05) is 39.3 Å². The first-order chi connectivity index (χ1) is 9.31. The van der Waals surface area contributed by atoms with Crippen LogP contribution in [-0.4, -0.2) is 61.0 Å². The molecule has 0 aliphatic carbocycles. The summed E-state index contributed by atoms with van der Waals surface area (Å²) in [5.41, 5.74) is 0. The van der Waals surface area contributed by atoms with E-state index in [4.69, 9.17) is 0 Å². The zero-order valence-electron chi connectivity index (χ0n) is 12.8. The Morgan fingerprint density at radius 2 is 1.90 bits per heavy atom. The second kappa shape index (κ2) is 9.59. The van der Waals surface area contributed by atoms with Crippen molar-refractivity contribution in [3.63, 3.8) is 0 Å². The topological polar surface area (TPSA) is 35.6 Å². The Hall–Kier alpha value is -0.320. The number of likely N-dealkylation sites (tertiary alicyclic amines) is 1. The van der Waals surface area contributed by atoms with Gasteiger partial charge in [0, 0.05) is 45.2 Å². The first-order valence-electron chi connectivity index (χ1n) is 8.04. The molecule has 2 aliphatic rings. The largest absolute Gasteiger partial charge is 0.340 e. The van der Waals surface area contributed by atoms with Crippen LogP contribution < -0.4 is 5.32 Å². The molecule has 0 spiro atoms. The summed E-state index contributed by atoms with van der Waals surface area (Å²) < 4.78 is 0. The molecule has 2 heterocycles. The predicted octanol–water partition coefficient (Wildman–Crippen LogP) is 1.88. The van der Waals surface area contributed by atoms with Crippen LogP contribution in [0.25, 0.3) is 0 Å². The van der Waals surface area contributed by atoms with Gasteiger partial charge in [-0.1, -0.05) is 19.8 Å². The van der Waals surface area contributed by atoms with Crippen molar-refractivity contribution in [2.45, 2.75) is 51.5 Å². The third-order valence-corrected chi connectivity index (χ3v) is 4.55. The second-order valence-corrected chi connectivity index (χ2v) is 5.83. The van der Waals surface area contributed by atoms with Crippen molar-refractivity contribution in [2.24, 2.45) is 0 Å². The molecule has 1 N–H and O–H groups in total. The van der Waals surface area contributed by atoms with E-state index >= 15 is 0 Å². The van der Waals surface area contributed by atoms with Gasteiger partial charge in [-0.3, -0.25) is 9.69 Å². The highest BCUT2D eigenvalue weighted by atomic mass is 35.5. The van der Waals surface area contributed by atoms with Crippen molar-refractivity contribution < 1.29 is 4.79 Å². The normalized spacial score (nSPS) is 24.9. The Kier molecular flexibility index (Phi) is 8.50. The molecule has 0 aromatic rings. The van der Waals surface area contributed by atoms with Crippen LogP contribution in [0, 0.1) is 0 Å². The third kappa shape index (κ3) is 5.23. The summed E-state index contributed by atoms with van der Waals surface area (Å²) in [4.78, 5) is 16.8. The summed E-state index contributed by atoms with van der Waals surface area (Å²) in [5, 5.41) is 3.30. The second-order valence-electron chi connectivity index (χ2n) is 5.83. The fourth-order valence-electron chi connectivity index (χ4n) is 3.31. The Bertz CT molecular complexity index is 282. The van der Waals surface area contributed by atoms with E-state index in [1.54, 1.807) is 0 Å². The molecule has 1 amide bonds. The van der Waals surface area contributed by atoms with Gasteiger partial charge in [0.15, 0.2) is 0 Å². The number of carbonyl (C=O) groups excluding carboxylic acids is 1. The molecule has 0 aromatic carbocycles. The standard InChI is InChI=1S/C15H29N3O.ClH/c1-2-14-6-4-3-5-10-17(14)11-7-15(19)18-12-8-16-9-13-18;/h14,16H,2-13H2,1H3;1H. The molecule has 0 aromatic heterocycles. The SMILES string of the molecule is CCC1CCCCCN1CCC(=O)N1CCNCC1.Cl. The lowest BCUT2D eigenvalue weighted by Crippen LogP contribution is -2.47. The van der Waals surface area contributed by atoms with Gasteiger partial charge in [0.05, 0.1) is 0 Å². The van der Waals surface area contributed by atoms with Crippen LogP contribution >= 0.6 is 12.4 Å². The van der Waals surface area contributed by atoms with Gasteiger partial charge in [0.2, 0.25) is 5.91 Å². The number of carbonyl (C=O) groups is 1.